The van der Waals surface area contributed by atoms with Crippen LogP contribution in [-0.4, -0.2) is 17.6 Å². The molecule has 1 aromatic rings. The predicted octanol–water partition coefficient (Wildman–Crippen LogP) is 3.35. The topological polar surface area (TPSA) is 39.2 Å². The van der Waals surface area contributed by atoms with Crippen LogP contribution in [0.1, 0.15) is 35.1 Å². The van der Waals surface area contributed by atoms with E-state index in [2.05, 4.69) is 9.72 Å². The first-order valence-corrected chi connectivity index (χ1v) is 4.91. The summed E-state index contributed by atoms with van der Waals surface area (Å²) in [6, 6.07) is -0.194. The minimum absolute atomic E-state index is 0.194. The maximum atomic E-state index is 13.1. The second-order valence-electron chi connectivity index (χ2n) is 3.27. The molecule has 0 amide bonds. The van der Waals surface area contributed by atoms with Crippen molar-refractivity contribution >= 4 is 5.97 Å². The average molecular weight is 287 g/mol. The molecule has 1 rings (SSSR count). The van der Waals surface area contributed by atoms with Crippen molar-refractivity contribution < 1.29 is 35.9 Å². The zero-order chi connectivity index (χ0) is 14.8. The molecule has 0 aliphatic heterocycles. The third-order valence-corrected chi connectivity index (χ3v) is 1.98. The van der Waals surface area contributed by atoms with Gasteiger partial charge in [-0.1, -0.05) is 0 Å². The number of esters is 1. The quantitative estimate of drug-likeness (QED) is 0.632. The van der Waals surface area contributed by atoms with Crippen LogP contribution in [0.2, 0.25) is 0 Å². The number of carbonyl (C=O) groups is 1. The van der Waals surface area contributed by atoms with Crippen LogP contribution < -0.4 is 0 Å². The Labute approximate surface area is 103 Å². The van der Waals surface area contributed by atoms with Gasteiger partial charge in [-0.3, -0.25) is 0 Å². The fourth-order valence-electron chi connectivity index (χ4n) is 1.23. The van der Waals surface area contributed by atoms with Crippen LogP contribution in [-0.2, 0) is 10.9 Å². The zero-order valence-corrected chi connectivity index (χ0v) is 9.39. The van der Waals surface area contributed by atoms with Gasteiger partial charge in [0.25, 0.3) is 6.43 Å². The molecule has 0 saturated carbocycles. The monoisotopic (exact) mass is 287 g/mol. The first-order chi connectivity index (χ1) is 8.68. The molecule has 106 valence electrons. The van der Waals surface area contributed by atoms with Gasteiger partial charge in [0.2, 0.25) is 0 Å². The van der Waals surface area contributed by atoms with E-state index < -0.39 is 41.3 Å². The third kappa shape index (κ3) is 3.36. The highest BCUT2D eigenvalue weighted by Gasteiger charge is 2.39. The van der Waals surface area contributed by atoms with Gasteiger partial charge in [-0.15, -0.1) is 0 Å². The van der Waals surface area contributed by atoms with Gasteiger partial charge >= 0.3 is 12.1 Å². The molecule has 0 radical (unpaired) electrons. The van der Waals surface area contributed by atoms with Crippen molar-refractivity contribution in [2.24, 2.45) is 0 Å². The summed E-state index contributed by atoms with van der Waals surface area (Å²) in [5, 5.41) is 0. The van der Waals surface area contributed by atoms with Gasteiger partial charge < -0.3 is 4.74 Å². The molecule has 0 spiro atoms. The van der Waals surface area contributed by atoms with Crippen LogP contribution >= 0.6 is 0 Å². The minimum atomic E-state index is -5.11. The first-order valence-electron chi connectivity index (χ1n) is 4.91. The van der Waals surface area contributed by atoms with Gasteiger partial charge in [0.1, 0.15) is 5.69 Å². The second kappa shape index (κ2) is 5.45. The lowest BCUT2D eigenvalue weighted by Gasteiger charge is -2.13. The van der Waals surface area contributed by atoms with E-state index >= 15 is 0 Å². The predicted molar refractivity (Wildman–Crippen MR) is 50.1 cm³/mol. The van der Waals surface area contributed by atoms with E-state index in [1.165, 1.54) is 6.92 Å². The highest BCUT2D eigenvalue weighted by molar-refractivity contribution is 5.89. The van der Waals surface area contributed by atoms with E-state index in [0.717, 1.165) is 0 Å². The van der Waals surface area contributed by atoms with Gasteiger partial charge in [-0.2, -0.15) is 13.2 Å². The van der Waals surface area contributed by atoms with Crippen LogP contribution in [0.25, 0.3) is 0 Å². The van der Waals surface area contributed by atoms with Gasteiger partial charge in [0, 0.05) is 0 Å². The maximum absolute atomic E-state index is 13.1. The van der Waals surface area contributed by atoms with Gasteiger partial charge in [0.15, 0.2) is 11.5 Å². The SMILES string of the molecule is CCOC(=O)c1nc(C(F)F)c(F)cc1C(F)(F)F. The van der Waals surface area contributed by atoms with Crippen molar-refractivity contribution in [3.63, 3.8) is 0 Å². The molecule has 3 nitrogen and oxygen atoms in total. The largest absolute Gasteiger partial charge is 0.461 e. The summed E-state index contributed by atoms with van der Waals surface area (Å²) < 4.78 is 79.7. The lowest BCUT2D eigenvalue weighted by Crippen LogP contribution is -2.19. The number of carbonyl (C=O) groups excluding carboxylic acids is 1. The maximum Gasteiger partial charge on any atom is 0.418 e. The fourth-order valence-corrected chi connectivity index (χ4v) is 1.23. The Morgan fingerprint density at radius 2 is 2.00 bits per heavy atom. The van der Waals surface area contributed by atoms with Crippen LogP contribution in [0.15, 0.2) is 6.07 Å². The minimum Gasteiger partial charge on any atom is -0.461 e. The van der Waals surface area contributed by atoms with Crippen LogP contribution in [0.3, 0.4) is 0 Å². The summed E-state index contributed by atoms with van der Waals surface area (Å²) in [6.07, 6.45) is -8.56. The Kier molecular flexibility index (Phi) is 4.38. The molecule has 0 N–H and O–H groups in total. The van der Waals surface area contributed by atoms with E-state index in [9.17, 15) is 31.1 Å². The molecule has 19 heavy (non-hydrogen) atoms. The Hall–Kier alpha value is -1.80. The number of aromatic nitrogens is 1. The molecule has 0 unspecified atom stereocenters. The summed E-state index contributed by atoms with van der Waals surface area (Å²) >= 11 is 0. The number of pyridine rings is 1. The molecule has 1 aromatic heterocycles. The standard InChI is InChI=1S/C10H7F6NO2/c1-2-19-9(18)6-4(10(14,15)16)3-5(11)7(17-6)8(12)13/h3,8H,2H2,1H3. The van der Waals surface area contributed by atoms with Gasteiger partial charge in [-0.05, 0) is 13.0 Å². The van der Waals surface area contributed by atoms with Crippen molar-refractivity contribution in [2.45, 2.75) is 19.5 Å². The molecule has 0 aromatic carbocycles. The van der Waals surface area contributed by atoms with Crippen LogP contribution in [0.4, 0.5) is 26.3 Å². The van der Waals surface area contributed by atoms with E-state index in [0.29, 0.717) is 0 Å². The molecule has 0 aliphatic rings. The van der Waals surface area contributed by atoms with E-state index in [4.69, 9.17) is 0 Å². The molecule has 1 heterocycles. The number of nitrogens with zero attached hydrogens (tertiary/aromatic N) is 1. The molecular formula is C10H7F6NO2. The van der Waals surface area contributed by atoms with Crippen LogP contribution in [0, 0.1) is 5.82 Å². The highest BCUT2D eigenvalue weighted by atomic mass is 19.4. The molecule has 0 atom stereocenters. The lowest BCUT2D eigenvalue weighted by atomic mass is 10.1. The number of ether oxygens (including phenoxy) is 1. The van der Waals surface area contributed by atoms with Crippen molar-refractivity contribution in [3.8, 4) is 0 Å². The molecule has 0 aliphatic carbocycles. The average Bonchev–Trinajstić information content (AvgIpc) is 2.27. The second-order valence-corrected chi connectivity index (χ2v) is 3.27. The Balaban J connectivity index is 3.46. The Bertz CT molecular complexity index is 486. The number of halogens is 6. The summed E-state index contributed by atoms with van der Waals surface area (Å²) in [7, 11) is 0. The molecule has 0 bridgehead atoms. The third-order valence-electron chi connectivity index (χ3n) is 1.98. The fraction of sp³-hybridized carbons (Fsp3) is 0.400. The Morgan fingerprint density at radius 3 is 2.42 bits per heavy atom. The first kappa shape index (κ1) is 15.3. The van der Waals surface area contributed by atoms with Gasteiger partial charge in [0.05, 0.1) is 12.2 Å². The van der Waals surface area contributed by atoms with Crippen molar-refractivity contribution in [1.82, 2.24) is 4.98 Å². The van der Waals surface area contributed by atoms with E-state index in [-0.39, 0.29) is 12.7 Å². The number of hydrogen-bond acceptors (Lipinski definition) is 3. The summed E-state index contributed by atoms with van der Waals surface area (Å²) in [6.45, 7) is 1.03. The summed E-state index contributed by atoms with van der Waals surface area (Å²) in [5.74, 6) is -3.38. The van der Waals surface area contributed by atoms with E-state index in [1.807, 2.05) is 0 Å². The van der Waals surface area contributed by atoms with Crippen molar-refractivity contribution in [2.75, 3.05) is 6.61 Å². The lowest BCUT2D eigenvalue weighted by molar-refractivity contribution is -0.138. The molecule has 0 fully saturated rings. The van der Waals surface area contributed by atoms with Crippen molar-refractivity contribution in [1.29, 1.82) is 0 Å². The van der Waals surface area contributed by atoms with Crippen molar-refractivity contribution in [3.05, 3.63) is 28.8 Å². The van der Waals surface area contributed by atoms with Crippen LogP contribution in [0.5, 0.6) is 0 Å². The number of rotatable bonds is 3. The zero-order valence-electron chi connectivity index (χ0n) is 9.39. The highest BCUT2D eigenvalue weighted by Crippen LogP contribution is 2.34. The summed E-state index contributed by atoms with van der Waals surface area (Å²) in [5.41, 5.74) is -4.67. The summed E-state index contributed by atoms with van der Waals surface area (Å²) in [4.78, 5) is 14.0. The molecule has 0 saturated heterocycles. The normalized spacial score (nSPS) is 11.8. The Morgan fingerprint density at radius 1 is 1.42 bits per heavy atom. The van der Waals surface area contributed by atoms with Gasteiger partial charge in [-0.25, -0.2) is 22.9 Å². The molecular weight excluding hydrogens is 280 g/mol. The van der Waals surface area contributed by atoms with E-state index in [1.54, 1.807) is 0 Å². The number of alkyl halides is 5. The number of hydrogen-bond donors (Lipinski definition) is 0. The molecule has 9 heteroatoms. The smallest absolute Gasteiger partial charge is 0.418 e.